The summed E-state index contributed by atoms with van der Waals surface area (Å²) in [5, 5.41) is 10.6. The molecule has 1 aromatic rings. The summed E-state index contributed by atoms with van der Waals surface area (Å²) in [5.74, 6) is -0.404. The van der Waals surface area contributed by atoms with E-state index in [0.29, 0.717) is 5.56 Å². The highest BCUT2D eigenvalue weighted by Crippen LogP contribution is 2.18. The number of carbonyl (C=O) groups is 1. The molecule has 1 N–H and O–H groups in total. The first-order chi connectivity index (χ1) is 10.9. The number of carbonyl (C=O) groups excluding carboxylic acids is 1. The molecular weight excluding hydrogens is 296 g/mol. The Bertz CT molecular complexity index is 512. The number of hydrogen-bond donors (Lipinski definition) is 1. The summed E-state index contributed by atoms with van der Waals surface area (Å²) >= 11 is 0. The Morgan fingerprint density at radius 2 is 1.78 bits per heavy atom. The molecule has 0 saturated carbocycles. The molecule has 1 rings (SSSR count). The normalized spacial score (nSPS) is 11.3. The van der Waals surface area contributed by atoms with Crippen LogP contribution in [-0.2, 0) is 4.84 Å². The van der Waals surface area contributed by atoms with Crippen LogP contribution < -0.4 is 5.48 Å². The number of nitro benzene ring substituents is 1. The molecule has 1 aromatic carbocycles. The third kappa shape index (κ3) is 7.23. The molecule has 0 bridgehead atoms. The molecule has 0 atom stereocenters. The molecule has 0 spiro atoms. The minimum absolute atomic E-state index is 0.0464. The number of nitrogens with zero attached hydrogens (tertiary/aromatic N) is 1. The van der Waals surface area contributed by atoms with Crippen LogP contribution in [0, 0.1) is 10.1 Å². The van der Waals surface area contributed by atoms with Crippen molar-refractivity contribution in [1.82, 2.24) is 5.48 Å². The predicted octanol–water partition coefficient (Wildman–Crippen LogP) is 4.40. The van der Waals surface area contributed by atoms with Crippen LogP contribution in [-0.4, -0.2) is 16.4 Å². The third-order valence-electron chi connectivity index (χ3n) is 3.64. The van der Waals surface area contributed by atoms with Crippen molar-refractivity contribution in [2.45, 2.75) is 64.9 Å². The Morgan fingerprint density at radius 3 is 2.35 bits per heavy atom. The fourth-order valence-corrected chi connectivity index (χ4v) is 2.18. The predicted molar refractivity (Wildman–Crippen MR) is 89.1 cm³/mol. The summed E-state index contributed by atoms with van der Waals surface area (Å²) in [6.07, 6.45) is 6.76. The molecule has 0 unspecified atom stereocenters. The van der Waals surface area contributed by atoms with Gasteiger partial charge in [-0.15, -0.1) is 0 Å². The monoisotopic (exact) mass is 322 g/mol. The van der Waals surface area contributed by atoms with Crippen molar-refractivity contribution in [3.8, 4) is 0 Å². The van der Waals surface area contributed by atoms with Crippen molar-refractivity contribution in [2.24, 2.45) is 0 Å². The fraction of sp³-hybridized carbons (Fsp3) is 0.588. The molecule has 0 saturated heterocycles. The number of nitro groups is 1. The fourth-order valence-electron chi connectivity index (χ4n) is 2.18. The first-order valence-corrected chi connectivity index (χ1v) is 8.08. The van der Waals surface area contributed by atoms with Crippen LogP contribution in [0.4, 0.5) is 5.69 Å². The Labute approximate surface area is 137 Å². The van der Waals surface area contributed by atoms with Gasteiger partial charge >= 0.3 is 0 Å². The Balaban J connectivity index is 2.40. The van der Waals surface area contributed by atoms with E-state index in [2.05, 4.69) is 12.4 Å². The van der Waals surface area contributed by atoms with Crippen LogP contribution in [0.3, 0.4) is 0 Å². The maximum Gasteiger partial charge on any atom is 0.274 e. The average molecular weight is 322 g/mol. The molecule has 23 heavy (non-hydrogen) atoms. The molecule has 0 aliphatic rings. The number of rotatable bonds is 10. The zero-order valence-corrected chi connectivity index (χ0v) is 14.1. The standard InChI is InChI=1S/C17H26N2O4/c1-4-5-6-7-8-13-17(2,3)23-18-16(20)14-9-11-15(12-10-14)19(21)22/h9-12H,4-8,13H2,1-3H3,(H,18,20). The first kappa shape index (κ1) is 19.1. The second-order valence-corrected chi connectivity index (χ2v) is 6.26. The van der Waals surface area contributed by atoms with Crippen LogP contribution in [0.5, 0.6) is 0 Å². The highest BCUT2D eigenvalue weighted by molar-refractivity contribution is 5.93. The summed E-state index contributed by atoms with van der Waals surface area (Å²) in [5.41, 5.74) is 2.27. The molecule has 0 fully saturated rings. The lowest BCUT2D eigenvalue weighted by atomic mass is 10.00. The highest BCUT2D eigenvalue weighted by atomic mass is 16.7. The van der Waals surface area contributed by atoms with E-state index < -0.39 is 16.4 Å². The van der Waals surface area contributed by atoms with Gasteiger partial charge in [-0.2, -0.15) is 0 Å². The number of benzene rings is 1. The van der Waals surface area contributed by atoms with Gasteiger partial charge in [0.15, 0.2) is 0 Å². The van der Waals surface area contributed by atoms with E-state index in [1.807, 2.05) is 13.8 Å². The number of hydroxylamine groups is 1. The van der Waals surface area contributed by atoms with E-state index in [-0.39, 0.29) is 5.69 Å². The van der Waals surface area contributed by atoms with E-state index in [1.54, 1.807) is 0 Å². The lowest BCUT2D eigenvalue weighted by molar-refractivity contribution is -0.384. The van der Waals surface area contributed by atoms with Gasteiger partial charge in [-0.05, 0) is 32.4 Å². The summed E-state index contributed by atoms with van der Waals surface area (Å²) in [6, 6.07) is 5.42. The van der Waals surface area contributed by atoms with Gasteiger partial charge in [0.1, 0.15) is 0 Å². The van der Waals surface area contributed by atoms with Gasteiger partial charge in [-0.1, -0.05) is 39.0 Å². The third-order valence-corrected chi connectivity index (χ3v) is 3.64. The summed E-state index contributed by atoms with van der Waals surface area (Å²) in [7, 11) is 0. The molecule has 0 radical (unpaired) electrons. The first-order valence-electron chi connectivity index (χ1n) is 8.08. The molecule has 0 aromatic heterocycles. The number of nitrogens with one attached hydrogen (secondary N) is 1. The molecular formula is C17H26N2O4. The number of hydrogen-bond acceptors (Lipinski definition) is 4. The quantitative estimate of drug-likeness (QED) is 0.393. The molecule has 6 heteroatoms. The maximum atomic E-state index is 12.0. The van der Waals surface area contributed by atoms with Crippen molar-refractivity contribution in [3.05, 3.63) is 39.9 Å². The Hall–Kier alpha value is -1.95. The van der Waals surface area contributed by atoms with Crippen molar-refractivity contribution in [1.29, 1.82) is 0 Å². The molecule has 0 aliphatic heterocycles. The molecule has 0 heterocycles. The van der Waals surface area contributed by atoms with Gasteiger partial charge in [0, 0.05) is 17.7 Å². The number of non-ortho nitro benzene ring substituents is 1. The van der Waals surface area contributed by atoms with Gasteiger partial charge in [0.05, 0.1) is 10.5 Å². The lowest BCUT2D eigenvalue weighted by Gasteiger charge is -2.24. The zero-order valence-electron chi connectivity index (χ0n) is 14.1. The Kier molecular flexibility index (Phi) is 7.68. The minimum atomic E-state index is -0.500. The van der Waals surface area contributed by atoms with Crippen molar-refractivity contribution >= 4 is 11.6 Å². The van der Waals surface area contributed by atoms with E-state index in [9.17, 15) is 14.9 Å². The highest BCUT2D eigenvalue weighted by Gasteiger charge is 2.20. The molecule has 1 amide bonds. The van der Waals surface area contributed by atoms with Crippen LogP contribution in [0.1, 0.15) is 69.7 Å². The van der Waals surface area contributed by atoms with Crippen LogP contribution in [0.2, 0.25) is 0 Å². The largest absolute Gasteiger partial charge is 0.274 e. The topological polar surface area (TPSA) is 81.5 Å². The zero-order chi connectivity index (χ0) is 17.3. The molecule has 128 valence electrons. The maximum absolute atomic E-state index is 12.0. The van der Waals surface area contributed by atoms with E-state index in [0.717, 1.165) is 19.3 Å². The van der Waals surface area contributed by atoms with Crippen molar-refractivity contribution < 1.29 is 14.6 Å². The van der Waals surface area contributed by atoms with E-state index >= 15 is 0 Å². The van der Waals surface area contributed by atoms with Gasteiger partial charge < -0.3 is 0 Å². The smallest absolute Gasteiger partial charge is 0.267 e. The van der Waals surface area contributed by atoms with E-state index in [4.69, 9.17) is 4.84 Å². The summed E-state index contributed by atoms with van der Waals surface area (Å²) < 4.78 is 0. The molecule has 0 aliphatic carbocycles. The van der Waals surface area contributed by atoms with Crippen LogP contribution in [0.15, 0.2) is 24.3 Å². The second-order valence-electron chi connectivity index (χ2n) is 6.26. The van der Waals surface area contributed by atoms with Gasteiger partial charge in [0.2, 0.25) is 0 Å². The molecule has 6 nitrogen and oxygen atoms in total. The van der Waals surface area contributed by atoms with Gasteiger partial charge in [-0.3, -0.25) is 19.7 Å². The van der Waals surface area contributed by atoms with Crippen molar-refractivity contribution in [3.63, 3.8) is 0 Å². The second kappa shape index (κ2) is 9.25. The number of unbranched alkanes of at least 4 members (excludes halogenated alkanes) is 4. The van der Waals surface area contributed by atoms with Gasteiger partial charge in [0.25, 0.3) is 11.6 Å². The SMILES string of the molecule is CCCCCCCC(C)(C)ONC(=O)c1ccc([N+](=O)[O-])cc1. The lowest BCUT2D eigenvalue weighted by Crippen LogP contribution is -2.35. The van der Waals surface area contributed by atoms with Crippen molar-refractivity contribution in [2.75, 3.05) is 0 Å². The average Bonchev–Trinajstić information content (AvgIpc) is 2.52. The van der Waals surface area contributed by atoms with E-state index in [1.165, 1.54) is 43.5 Å². The Morgan fingerprint density at radius 1 is 1.17 bits per heavy atom. The summed E-state index contributed by atoms with van der Waals surface area (Å²) in [4.78, 5) is 27.6. The summed E-state index contributed by atoms with van der Waals surface area (Å²) in [6.45, 7) is 6.05. The van der Waals surface area contributed by atoms with Gasteiger partial charge in [-0.25, -0.2) is 5.48 Å². The van der Waals surface area contributed by atoms with Crippen LogP contribution >= 0.6 is 0 Å². The van der Waals surface area contributed by atoms with Crippen LogP contribution in [0.25, 0.3) is 0 Å². The number of amides is 1. The minimum Gasteiger partial charge on any atom is -0.267 e.